The Hall–Kier alpha value is -2.77. The van der Waals surface area contributed by atoms with Gasteiger partial charge in [0.25, 0.3) is 0 Å². The number of hydrogen-bond acceptors (Lipinski definition) is 5. The Balaban J connectivity index is 1.30. The lowest BCUT2D eigenvalue weighted by Crippen LogP contribution is -2.48. The molecular formula is C21H21FN4OS. The highest BCUT2D eigenvalue weighted by atomic mass is 32.1. The Bertz CT molecular complexity index is 938. The first-order valence-corrected chi connectivity index (χ1v) is 10.1. The number of carbonyl (C=O) groups excluding carboxylic acids is 1. The molecule has 144 valence electrons. The third-order valence-electron chi connectivity index (χ3n) is 4.72. The number of nitrogens with zero attached hydrogens (tertiary/aromatic N) is 3. The molecule has 7 heteroatoms. The van der Waals surface area contributed by atoms with Crippen molar-refractivity contribution >= 4 is 28.1 Å². The van der Waals surface area contributed by atoms with Crippen molar-refractivity contribution < 1.29 is 9.18 Å². The number of aromatic nitrogens is 1. The number of piperazine rings is 1. The molecule has 1 aromatic heterocycles. The van der Waals surface area contributed by atoms with Crippen LogP contribution in [0.2, 0.25) is 0 Å². The third kappa shape index (κ3) is 4.37. The largest absolute Gasteiger partial charge is 0.346 e. The number of rotatable bonds is 5. The molecule has 2 aromatic carbocycles. The quantitative estimate of drug-likeness (QED) is 0.714. The zero-order valence-corrected chi connectivity index (χ0v) is 16.2. The zero-order valence-electron chi connectivity index (χ0n) is 15.3. The van der Waals surface area contributed by atoms with Crippen LogP contribution in [0.4, 0.5) is 15.2 Å². The Labute approximate surface area is 167 Å². The van der Waals surface area contributed by atoms with Crippen LogP contribution in [0.3, 0.4) is 0 Å². The fraction of sp³-hybridized carbons (Fsp3) is 0.238. The standard InChI is InChI=1S/C21H21FN4OS/c22-17-8-4-5-9-18(17)23-20(27)14-25-10-12-26(13-11-25)21-24-19(15-28-21)16-6-2-1-3-7-16/h1-9,15H,10-14H2,(H,23,27). The summed E-state index contributed by atoms with van der Waals surface area (Å²) in [5.41, 5.74) is 2.34. The van der Waals surface area contributed by atoms with Crippen LogP contribution in [0.1, 0.15) is 0 Å². The second kappa shape index (κ2) is 8.50. The van der Waals surface area contributed by atoms with E-state index < -0.39 is 5.82 Å². The first-order valence-electron chi connectivity index (χ1n) is 9.22. The van der Waals surface area contributed by atoms with Crippen LogP contribution in [0.25, 0.3) is 11.3 Å². The first-order chi connectivity index (χ1) is 13.7. The molecule has 1 fully saturated rings. The van der Waals surface area contributed by atoms with E-state index in [0.717, 1.165) is 42.6 Å². The fourth-order valence-corrected chi connectivity index (χ4v) is 4.09. The van der Waals surface area contributed by atoms with E-state index in [9.17, 15) is 9.18 Å². The van der Waals surface area contributed by atoms with Crippen molar-refractivity contribution in [2.45, 2.75) is 0 Å². The molecule has 5 nitrogen and oxygen atoms in total. The van der Waals surface area contributed by atoms with Crippen molar-refractivity contribution in [2.24, 2.45) is 0 Å². The number of nitrogens with one attached hydrogen (secondary N) is 1. The van der Waals surface area contributed by atoms with Gasteiger partial charge in [-0.15, -0.1) is 11.3 Å². The van der Waals surface area contributed by atoms with E-state index >= 15 is 0 Å². The summed E-state index contributed by atoms with van der Waals surface area (Å²) >= 11 is 1.64. The van der Waals surface area contributed by atoms with Gasteiger partial charge in [0.2, 0.25) is 5.91 Å². The van der Waals surface area contributed by atoms with Crippen LogP contribution >= 0.6 is 11.3 Å². The molecule has 1 amide bonds. The second-order valence-electron chi connectivity index (χ2n) is 6.67. The molecule has 1 saturated heterocycles. The maximum atomic E-state index is 13.7. The van der Waals surface area contributed by atoms with Gasteiger partial charge in [0.15, 0.2) is 5.13 Å². The van der Waals surface area contributed by atoms with Gasteiger partial charge in [0.05, 0.1) is 17.9 Å². The minimum absolute atomic E-state index is 0.195. The molecule has 0 saturated carbocycles. The third-order valence-corrected chi connectivity index (χ3v) is 5.62. The van der Waals surface area contributed by atoms with Gasteiger partial charge in [0.1, 0.15) is 5.82 Å². The topological polar surface area (TPSA) is 48.5 Å². The minimum Gasteiger partial charge on any atom is -0.346 e. The number of hydrogen-bond donors (Lipinski definition) is 1. The summed E-state index contributed by atoms with van der Waals surface area (Å²) < 4.78 is 13.7. The van der Waals surface area contributed by atoms with Crippen LogP contribution in [-0.2, 0) is 4.79 Å². The number of halogens is 1. The summed E-state index contributed by atoms with van der Waals surface area (Å²) in [6.45, 7) is 3.43. The summed E-state index contributed by atoms with van der Waals surface area (Å²) in [4.78, 5) is 21.3. The molecule has 3 aromatic rings. The van der Waals surface area contributed by atoms with Crippen molar-refractivity contribution in [3.63, 3.8) is 0 Å². The smallest absolute Gasteiger partial charge is 0.238 e. The van der Waals surface area contributed by atoms with Crippen molar-refractivity contribution in [3.8, 4) is 11.3 Å². The monoisotopic (exact) mass is 396 g/mol. The molecule has 0 bridgehead atoms. The predicted molar refractivity (Wildman–Crippen MR) is 111 cm³/mol. The normalized spacial score (nSPS) is 14.8. The highest BCUT2D eigenvalue weighted by Gasteiger charge is 2.21. The summed E-state index contributed by atoms with van der Waals surface area (Å²) in [7, 11) is 0. The molecule has 1 aliphatic rings. The maximum absolute atomic E-state index is 13.7. The molecule has 0 radical (unpaired) electrons. The summed E-state index contributed by atoms with van der Waals surface area (Å²) in [5, 5.41) is 5.73. The average molecular weight is 396 g/mol. The Kier molecular flexibility index (Phi) is 5.64. The number of anilines is 2. The van der Waals surface area contributed by atoms with Gasteiger partial charge >= 0.3 is 0 Å². The lowest BCUT2D eigenvalue weighted by molar-refractivity contribution is -0.117. The summed E-state index contributed by atoms with van der Waals surface area (Å²) in [5.74, 6) is -0.613. The van der Waals surface area contributed by atoms with E-state index in [2.05, 4.69) is 32.6 Å². The number of amides is 1. The number of thiazole rings is 1. The van der Waals surface area contributed by atoms with E-state index in [4.69, 9.17) is 4.98 Å². The van der Waals surface area contributed by atoms with Crippen LogP contribution in [-0.4, -0.2) is 48.5 Å². The lowest BCUT2D eigenvalue weighted by Gasteiger charge is -2.34. The van der Waals surface area contributed by atoms with E-state index in [1.54, 1.807) is 29.5 Å². The van der Waals surface area contributed by atoms with Gasteiger partial charge in [-0.1, -0.05) is 42.5 Å². The Morgan fingerprint density at radius 1 is 1.04 bits per heavy atom. The highest BCUT2D eigenvalue weighted by molar-refractivity contribution is 7.14. The van der Waals surface area contributed by atoms with Crippen molar-refractivity contribution in [3.05, 3.63) is 65.8 Å². The number of benzene rings is 2. The first kappa shape index (κ1) is 18.6. The maximum Gasteiger partial charge on any atom is 0.238 e. The minimum atomic E-state index is -0.418. The molecule has 1 N–H and O–H groups in total. The van der Waals surface area contributed by atoms with Crippen molar-refractivity contribution in [2.75, 3.05) is 42.9 Å². The van der Waals surface area contributed by atoms with Crippen molar-refractivity contribution in [1.29, 1.82) is 0 Å². The summed E-state index contributed by atoms with van der Waals surface area (Å²) in [6, 6.07) is 16.4. The van der Waals surface area contributed by atoms with Gasteiger partial charge in [-0.2, -0.15) is 0 Å². The van der Waals surface area contributed by atoms with Gasteiger partial charge in [-0.05, 0) is 12.1 Å². The molecule has 4 rings (SSSR count). The van der Waals surface area contributed by atoms with Gasteiger partial charge in [-0.3, -0.25) is 9.69 Å². The lowest BCUT2D eigenvalue weighted by atomic mass is 10.2. The molecule has 0 unspecified atom stereocenters. The van der Waals surface area contributed by atoms with E-state index in [1.807, 2.05) is 18.2 Å². The van der Waals surface area contributed by atoms with Crippen LogP contribution in [0.15, 0.2) is 60.0 Å². The second-order valence-corrected chi connectivity index (χ2v) is 7.51. The molecule has 28 heavy (non-hydrogen) atoms. The Morgan fingerprint density at radius 3 is 2.50 bits per heavy atom. The molecule has 1 aliphatic heterocycles. The molecule has 0 atom stereocenters. The van der Waals surface area contributed by atoms with Crippen LogP contribution in [0.5, 0.6) is 0 Å². The molecule has 0 aliphatic carbocycles. The fourth-order valence-electron chi connectivity index (χ4n) is 3.20. The van der Waals surface area contributed by atoms with Gasteiger partial charge in [0, 0.05) is 37.1 Å². The number of para-hydroxylation sites is 1. The van der Waals surface area contributed by atoms with Crippen LogP contribution < -0.4 is 10.2 Å². The molecular weight excluding hydrogens is 375 g/mol. The molecule has 2 heterocycles. The predicted octanol–water partition coefficient (Wildman–Crippen LogP) is 3.71. The van der Waals surface area contributed by atoms with E-state index in [0.29, 0.717) is 0 Å². The SMILES string of the molecule is O=C(CN1CCN(c2nc(-c3ccccc3)cs2)CC1)Nc1ccccc1F. The zero-order chi connectivity index (χ0) is 19.3. The van der Waals surface area contributed by atoms with E-state index in [-0.39, 0.29) is 18.1 Å². The Morgan fingerprint density at radius 2 is 1.75 bits per heavy atom. The van der Waals surface area contributed by atoms with Gasteiger partial charge in [-0.25, -0.2) is 9.37 Å². The molecule has 0 spiro atoms. The van der Waals surface area contributed by atoms with E-state index in [1.165, 1.54) is 6.07 Å². The van der Waals surface area contributed by atoms with Crippen molar-refractivity contribution in [1.82, 2.24) is 9.88 Å². The average Bonchev–Trinajstić information content (AvgIpc) is 3.21. The highest BCUT2D eigenvalue weighted by Crippen LogP contribution is 2.27. The summed E-state index contributed by atoms with van der Waals surface area (Å²) in [6.07, 6.45) is 0. The van der Waals surface area contributed by atoms with Crippen LogP contribution in [0, 0.1) is 5.82 Å². The number of carbonyl (C=O) groups is 1. The van der Waals surface area contributed by atoms with Gasteiger partial charge < -0.3 is 10.2 Å².